The number of alkyl halides is 3. The standard InChI is InChI=1S/C14H16F3NO2/c1-2-6-18-8-11(9-18)10-4-3-5-12(7-10)20-13(19)14(15,16)17/h3-5,7,11H,2,6,8-9H2,1H3. The Hall–Kier alpha value is -1.56. The summed E-state index contributed by atoms with van der Waals surface area (Å²) in [6.45, 7) is 4.92. The van der Waals surface area contributed by atoms with E-state index in [1.807, 2.05) is 6.07 Å². The van der Waals surface area contributed by atoms with Crippen LogP contribution < -0.4 is 4.74 Å². The van der Waals surface area contributed by atoms with Crippen molar-refractivity contribution in [3.8, 4) is 5.75 Å². The van der Waals surface area contributed by atoms with Crippen molar-refractivity contribution in [3.05, 3.63) is 29.8 Å². The second kappa shape index (κ2) is 5.83. The molecule has 0 N–H and O–H groups in total. The van der Waals surface area contributed by atoms with E-state index >= 15 is 0 Å². The van der Waals surface area contributed by atoms with E-state index in [0.29, 0.717) is 5.92 Å². The zero-order valence-electron chi connectivity index (χ0n) is 11.1. The molecule has 0 bridgehead atoms. The number of hydrogen-bond acceptors (Lipinski definition) is 3. The number of halogens is 3. The maximum Gasteiger partial charge on any atom is 0.491 e. The normalized spacial score (nSPS) is 16.8. The second-order valence-corrected chi connectivity index (χ2v) is 4.92. The lowest BCUT2D eigenvalue weighted by Crippen LogP contribution is -2.45. The van der Waals surface area contributed by atoms with Crippen LogP contribution in [0.25, 0.3) is 0 Å². The fourth-order valence-electron chi connectivity index (χ4n) is 2.28. The van der Waals surface area contributed by atoms with Gasteiger partial charge >= 0.3 is 12.1 Å². The minimum absolute atomic E-state index is 0.0567. The molecule has 1 aliphatic heterocycles. The fraction of sp³-hybridized carbons (Fsp3) is 0.500. The van der Waals surface area contributed by atoms with Gasteiger partial charge in [-0.05, 0) is 30.7 Å². The SMILES string of the molecule is CCCN1CC(c2cccc(OC(=O)C(F)(F)F)c2)C1. The van der Waals surface area contributed by atoms with Gasteiger partial charge in [0.1, 0.15) is 5.75 Å². The molecule has 0 radical (unpaired) electrons. The molecule has 20 heavy (non-hydrogen) atoms. The van der Waals surface area contributed by atoms with E-state index in [-0.39, 0.29) is 5.75 Å². The van der Waals surface area contributed by atoms with Gasteiger partial charge in [0.05, 0.1) is 0 Å². The van der Waals surface area contributed by atoms with Gasteiger partial charge < -0.3 is 9.64 Å². The first kappa shape index (κ1) is 14.8. The van der Waals surface area contributed by atoms with E-state index in [2.05, 4.69) is 16.6 Å². The molecular formula is C14H16F3NO2. The quantitative estimate of drug-likeness (QED) is 0.630. The number of esters is 1. The lowest BCUT2D eigenvalue weighted by molar-refractivity contribution is -0.189. The van der Waals surface area contributed by atoms with Gasteiger partial charge in [0.25, 0.3) is 0 Å². The van der Waals surface area contributed by atoms with Crippen LogP contribution in [0.4, 0.5) is 13.2 Å². The van der Waals surface area contributed by atoms with Crippen molar-refractivity contribution < 1.29 is 22.7 Å². The van der Waals surface area contributed by atoms with E-state index in [1.165, 1.54) is 12.1 Å². The molecule has 0 saturated carbocycles. The molecule has 0 atom stereocenters. The Bertz CT molecular complexity index is 482. The highest BCUT2D eigenvalue weighted by atomic mass is 19.4. The number of hydrogen-bond donors (Lipinski definition) is 0. The van der Waals surface area contributed by atoms with Crippen LogP contribution in [0.1, 0.15) is 24.8 Å². The third kappa shape index (κ3) is 3.50. The number of carbonyl (C=O) groups is 1. The highest BCUT2D eigenvalue weighted by molar-refractivity contribution is 5.78. The highest BCUT2D eigenvalue weighted by Crippen LogP contribution is 2.30. The van der Waals surface area contributed by atoms with Crippen LogP contribution in [0.15, 0.2) is 24.3 Å². The van der Waals surface area contributed by atoms with Crippen LogP contribution in [-0.2, 0) is 4.79 Å². The summed E-state index contributed by atoms with van der Waals surface area (Å²) in [6, 6.07) is 6.32. The van der Waals surface area contributed by atoms with Crippen molar-refractivity contribution in [2.45, 2.75) is 25.4 Å². The van der Waals surface area contributed by atoms with Crippen LogP contribution in [0.3, 0.4) is 0 Å². The molecule has 0 aromatic heterocycles. The van der Waals surface area contributed by atoms with Gasteiger partial charge in [-0.1, -0.05) is 19.1 Å². The number of carbonyl (C=O) groups excluding carboxylic acids is 1. The molecular weight excluding hydrogens is 271 g/mol. The molecule has 0 spiro atoms. The zero-order valence-corrected chi connectivity index (χ0v) is 11.1. The maximum atomic E-state index is 12.1. The van der Waals surface area contributed by atoms with Crippen LogP contribution in [0.5, 0.6) is 5.75 Å². The van der Waals surface area contributed by atoms with E-state index in [0.717, 1.165) is 31.6 Å². The topological polar surface area (TPSA) is 29.5 Å². The lowest BCUT2D eigenvalue weighted by atomic mass is 9.91. The van der Waals surface area contributed by atoms with Crippen LogP contribution in [0, 0.1) is 0 Å². The Morgan fingerprint density at radius 1 is 1.40 bits per heavy atom. The molecule has 110 valence electrons. The van der Waals surface area contributed by atoms with Crippen molar-refractivity contribution in [1.82, 2.24) is 4.90 Å². The van der Waals surface area contributed by atoms with E-state index in [9.17, 15) is 18.0 Å². The minimum atomic E-state index is -4.97. The summed E-state index contributed by atoms with van der Waals surface area (Å²) in [7, 11) is 0. The summed E-state index contributed by atoms with van der Waals surface area (Å²) in [6.07, 6.45) is -3.89. The van der Waals surface area contributed by atoms with E-state index in [4.69, 9.17) is 0 Å². The molecule has 1 heterocycles. The van der Waals surface area contributed by atoms with Crippen molar-refractivity contribution >= 4 is 5.97 Å². The molecule has 6 heteroatoms. The zero-order chi connectivity index (χ0) is 14.8. The van der Waals surface area contributed by atoms with Crippen LogP contribution in [0.2, 0.25) is 0 Å². The van der Waals surface area contributed by atoms with E-state index < -0.39 is 12.1 Å². The number of rotatable bonds is 4. The average Bonchev–Trinajstić information content (AvgIpc) is 2.32. The Labute approximate surface area is 115 Å². The van der Waals surface area contributed by atoms with Gasteiger partial charge in [-0.25, -0.2) is 4.79 Å². The van der Waals surface area contributed by atoms with Crippen molar-refractivity contribution in [2.24, 2.45) is 0 Å². The van der Waals surface area contributed by atoms with Crippen LogP contribution in [-0.4, -0.2) is 36.7 Å². The Balaban J connectivity index is 1.97. The molecule has 0 amide bonds. The van der Waals surface area contributed by atoms with Gasteiger partial charge in [-0.15, -0.1) is 0 Å². The number of likely N-dealkylation sites (tertiary alicyclic amines) is 1. The van der Waals surface area contributed by atoms with Crippen molar-refractivity contribution in [2.75, 3.05) is 19.6 Å². The average molecular weight is 287 g/mol. The predicted molar refractivity (Wildman–Crippen MR) is 67.6 cm³/mol. The number of ether oxygens (including phenoxy) is 1. The number of nitrogens with zero attached hydrogens (tertiary/aromatic N) is 1. The summed E-state index contributed by atoms with van der Waals surface area (Å²) >= 11 is 0. The largest absolute Gasteiger partial charge is 0.491 e. The first-order chi connectivity index (χ1) is 9.40. The molecule has 2 rings (SSSR count). The fourth-order valence-corrected chi connectivity index (χ4v) is 2.28. The van der Waals surface area contributed by atoms with Gasteiger partial charge in [0, 0.05) is 19.0 Å². The van der Waals surface area contributed by atoms with E-state index in [1.54, 1.807) is 6.07 Å². The van der Waals surface area contributed by atoms with Crippen LogP contribution >= 0.6 is 0 Å². The van der Waals surface area contributed by atoms with Gasteiger partial charge in [0.2, 0.25) is 0 Å². The molecule has 1 aromatic rings. The smallest absolute Gasteiger partial charge is 0.420 e. The molecule has 1 saturated heterocycles. The molecule has 1 aromatic carbocycles. The van der Waals surface area contributed by atoms with Crippen molar-refractivity contribution in [3.63, 3.8) is 0 Å². The summed E-state index contributed by atoms with van der Waals surface area (Å²) < 4.78 is 40.7. The Morgan fingerprint density at radius 3 is 2.70 bits per heavy atom. The van der Waals surface area contributed by atoms with Gasteiger partial charge in [-0.2, -0.15) is 13.2 Å². The first-order valence-corrected chi connectivity index (χ1v) is 6.51. The summed E-state index contributed by atoms with van der Waals surface area (Å²) in [5, 5.41) is 0. The minimum Gasteiger partial charge on any atom is -0.420 e. The molecule has 0 unspecified atom stereocenters. The first-order valence-electron chi connectivity index (χ1n) is 6.51. The molecule has 0 aliphatic carbocycles. The third-order valence-corrected chi connectivity index (χ3v) is 3.27. The van der Waals surface area contributed by atoms with Crippen molar-refractivity contribution in [1.29, 1.82) is 0 Å². The second-order valence-electron chi connectivity index (χ2n) is 4.92. The Kier molecular flexibility index (Phi) is 4.32. The molecule has 3 nitrogen and oxygen atoms in total. The highest BCUT2D eigenvalue weighted by Gasteiger charge is 2.41. The summed E-state index contributed by atoms with van der Waals surface area (Å²) in [5.74, 6) is -1.94. The third-order valence-electron chi connectivity index (χ3n) is 3.27. The monoisotopic (exact) mass is 287 g/mol. The summed E-state index contributed by atoms with van der Waals surface area (Å²) in [4.78, 5) is 13.1. The predicted octanol–water partition coefficient (Wildman–Crippen LogP) is 2.96. The molecule has 1 fully saturated rings. The Morgan fingerprint density at radius 2 is 2.10 bits per heavy atom. The summed E-state index contributed by atoms with van der Waals surface area (Å²) in [5.41, 5.74) is 0.907. The number of benzene rings is 1. The maximum absolute atomic E-state index is 12.1. The van der Waals surface area contributed by atoms with Gasteiger partial charge in [0.15, 0.2) is 0 Å². The lowest BCUT2D eigenvalue weighted by Gasteiger charge is -2.39. The van der Waals surface area contributed by atoms with Gasteiger partial charge in [-0.3, -0.25) is 0 Å². The molecule has 1 aliphatic rings.